The number of carbonyl (C=O) groups is 2. The van der Waals surface area contributed by atoms with Crippen molar-refractivity contribution in [1.82, 2.24) is 15.6 Å². The molecule has 1 saturated carbocycles. The zero-order valence-electron chi connectivity index (χ0n) is 20.8. The van der Waals surface area contributed by atoms with E-state index in [9.17, 15) is 23.1 Å². The Kier molecular flexibility index (Phi) is 10.2. The lowest BCUT2D eigenvalue weighted by atomic mass is 10.0. The third-order valence-corrected chi connectivity index (χ3v) is 6.63. The van der Waals surface area contributed by atoms with Crippen molar-refractivity contribution in [2.75, 3.05) is 6.54 Å². The monoisotopic (exact) mass is 553 g/mol. The van der Waals surface area contributed by atoms with Crippen molar-refractivity contribution in [1.29, 1.82) is 0 Å². The van der Waals surface area contributed by atoms with Gasteiger partial charge in [0.2, 0.25) is 0 Å². The molecule has 38 heavy (non-hydrogen) atoms. The van der Waals surface area contributed by atoms with Crippen LogP contribution in [-0.2, 0) is 11.2 Å². The molecule has 0 saturated heterocycles. The van der Waals surface area contributed by atoms with Gasteiger partial charge in [-0.05, 0) is 55.5 Å². The van der Waals surface area contributed by atoms with Crippen molar-refractivity contribution in [3.05, 3.63) is 70.4 Å². The summed E-state index contributed by atoms with van der Waals surface area (Å²) in [7, 11) is 0. The van der Waals surface area contributed by atoms with Gasteiger partial charge in [-0.1, -0.05) is 48.7 Å². The summed E-state index contributed by atoms with van der Waals surface area (Å²) in [5.74, 6) is -2.76. The fraction of sp³-hybridized carbons (Fsp3) is 0.407. The molecule has 1 amide bonds. The first-order chi connectivity index (χ1) is 18.0. The van der Waals surface area contributed by atoms with Gasteiger partial charge in [-0.25, -0.2) is 4.79 Å². The summed E-state index contributed by atoms with van der Waals surface area (Å²) in [5, 5.41) is 25.8. The normalized spacial score (nSPS) is 15.5. The number of carbonyl (C=O) groups excluding carboxylic acids is 1. The number of fused-ring (bicyclic) bond motifs is 1. The molecule has 1 aliphatic carbocycles. The Morgan fingerprint density at radius 3 is 2.45 bits per heavy atom. The van der Waals surface area contributed by atoms with Crippen LogP contribution in [0.15, 0.2) is 48.7 Å². The number of carboxylic acid groups (broad SMARTS) is 1. The number of hydrogen-bond donors (Lipinski definition) is 5. The SMILES string of the molecule is C[C@H](Cc1c[nH]c2c(C(=O)NC3CCCC3)cccc12)NC[C@H](O)c1cccc(Cl)c1.O=C(O)C(F)(F)F. The second-order valence-corrected chi connectivity index (χ2v) is 9.82. The summed E-state index contributed by atoms with van der Waals surface area (Å²) in [6.45, 7) is 2.54. The lowest BCUT2D eigenvalue weighted by Crippen LogP contribution is -2.32. The minimum absolute atomic E-state index is 0.00159. The molecule has 4 rings (SSSR count). The average molecular weight is 554 g/mol. The first-order valence-corrected chi connectivity index (χ1v) is 12.7. The van der Waals surface area contributed by atoms with Crippen molar-refractivity contribution in [3.8, 4) is 0 Å². The van der Waals surface area contributed by atoms with E-state index in [4.69, 9.17) is 21.5 Å². The molecule has 1 aliphatic rings. The Balaban J connectivity index is 0.000000505. The lowest BCUT2D eigenvalue weighted by molar-refractivity contribution is -0.192. The molecule has 2 aromatic carbocycles. The fourth-order valence-electron chi connectivity index (χ4n) is 4.45. The van der Waals surface area contributed by atoms with Crippen LogP contribution in [0.25, 0.3) is 10.9 Å². The molecule has 1 heterocycles. The summed E-state index contributed by atoms with van der Waals surface area (Å²) in [5.41, 5.74) is 3.55. The second-order valence-electron chi connectivity index (χ2n) is 9.38. The number of aliphatic hydroxyl groups is 1. The van der Waals surface area contributed by atoms with Crippen molar-refractivity contribution in [2.45, 2.75) is 63.4 Å². The van der Waals surface area contributed by atoms with Crippen LogP contribution < -0.4 is 10.6 Å². The van der Waals surface area contributed by atoms with Gasteiger partial charge in [-0.2, -0.15) is 13.2 Å². The van der Waals surface area contributed by atoms with E-state index in [1.807, 2.05) is 30.5 Å². The minimum Gasteiger partial charge on any atom is -0.475 e. The van der Waals surface area contributed by atoms with E-state index in [0.717, 1.165) is 41.3 Å². The number of aliphatic carboxylic acids is 1. The van der Waals surface area contributed by atoms with Crippen molar-refractivity contribution < 1.29 is 33.0 Å². The van der Waals surface area contributed by atoms with Gasteiger partial charge in [0.15, 0.2) is 0 Å². The van der Waals surface area contributed by atoms with Gasteiger partial charge in [-0.15, -0.1) is 0 Å². The van der Waals surface area contributed by atoms with E-state index >= 15 is 0 Å². The summed E-state index contributed by atoms with van der Waals surface area (Å²) >= 11 is 6.02. The molecule has 7 nitrogen and oxygen atoms in total. The van der Waals surface area contributed by atoms with E-state index in [0.29, 0.717) is 23.2 Å². The topological polar surface area (TPSA) is 114 Å². The summed E-state index contributed by atoms with van der Waals surface area (Å²) in [4.78, 5) is 25.0. The van der Waals surface area contributed by atoms with E-state index < -0.39 is 18.2 Å². The predicted molar refractivity (Wildman–Crippen MR) is 139 cm³/mol. The summed E-state index contributed by atoms with van der Waals surface area (Å²) in [6, 6.07) is 13.7. The molecule has 206 valence electrons. The zero-order valence-corrected chi connectivity index (χ0v) is 21.6. The molecule has 0 bridgehead atoms. The fourth-order valence-corrected chi connectivity index (χ4v) is 4.65. The van der Waals surface area contributed by atoms with Gasteiger partial charge in [0.05, 0.1) is 17.2 Å². The number of aromatic nitrogens is 1. The molecule has 5 N–H and O–H groups in total. The number of para-hydroxylation sites is 1. The van der Waals surface area contributed by atoms with E-state index in [1.165, 1.54) is 12.8 Å². The highest BCUT2D eigenvalue weighted by Gasteiger charge is 2.38. The molecular formula is C27H31ClF3N3O4. The lowest BCUT2D eigenvalue weighted by Gasteiger charge is -2.17. The number of halogens is 4. The van der Waals surface area contributed by atoms with Crippen molar-refractivity contribution in [3.63, 3.8) is 0 Å². The van der Waals surface area contributed by atoms with Crippen LogP contribution in [0.3, 0.4) is 0 Å². The van der Waals surface area contributed by atoms with Crippen LogP contribution in [0, 0.1) is 0 Å². The number of aliphatic hydroxyl groups excluding tert-OH is 1. The molecule has 1 fully saturated rings. The molecular weight excluding hydrogens is 523 g/mol. The Hall–Kier alpha value is -3.08. The van der Waals surface area contributed by atoms with Crippen LogP contribution in [0.1, 0.15) is 60.2 Å². The maximum atomic E-state index is 12.8. The maximum Gasteiger partial charge on any atom is 0.490 e. The van der Waals surface area contributed by atoms with Gasteiger partial charge in [0, 0.05) is 35.2 Å². The molecule has 3 aromatic rings. The largest absolute Gasteiger partial charge is 0.490 e. The number of amides is 1. The van der Waals surface area contributed by atoms with Gasteiger partial charge in [-0.3, -0.25) is 4.79 Å². The molecule has 0 unspecified atom stereocenters. The molecule has 1 aromatic heterocycles. The first-order valence-electron chi connectivity index (χ1n) is 12.3. The number of carboxylic acids is 1. The Labute approximate surface area is 223 Å². The average Bonchev–Trinajstić information content (AvgIpc) is 3.52. The van der Waals surface area contributed by atoms with E-state index in [2.05, 4.69) is 28.6 Å². The zero-order chi connectivity index (χ0) is 27.9. The Morgan fingerprint density at radius 2 is 1.82 bits per heavy atom. The highest BCUT2D eigenvalue weighted by atomic mass is 35.5. The summed E-state index contributed by atoms with van der Waals surface area (Å²) in [6.07, 6.45) is 1.61. The van der Waals surface area contributed by atoms with Gasteiger partial charge in [0.25, 0.3) is 5.91 Å². The van der Waals surface area contributed by atoms with Crippen LogP contribution in [0.5, 0.6) is 0 Å². The van der Waals surface area contributed by atoms with Crippen LogP contribution in [-0.4, -0.2) is 51.9 Å². The molecule has 0 aliphatic heterocycles. The van der Waals surface area contributed by atoms with Gasteiger partial charge < -0.3 is 25.8 Å². The molecule has 0 radical (unpaired) electrons. The predicted octanol–water partition coefficient (Wildman–Crippen LogP) is 5.38. The number of rotatable bonds is 8. The quantitative estimate of drug-likeness (QED) is 0.257. The minimum atomic E-state index is -5.08. The smallest absolute Gasteiger partial charge is 0.475 e. The number of hydrogen-bond acceptors (Lipinski definition) is 4. The summed E-state index contributed by atoms with van der Waals surface area (Å²) < 4.78 is 31.7. The number of H-pyrrole nitrogens is 1. The van der Waals surface area contributed by atoms with Crippen molar-refractivity contribution in [2.24, 2.45) is 0 Å². The standard InChI is InChI=1S/C25H30ClN3O2.C2HF3O2/c1-16(27-15-23(30)17-6-4-7-19(26)13-17)12-18-14-28-24-21(18)10-5-11-22(24)25(31)29-20-8-2-3-9-20;3-2(4,5)1(6)7/h4-7,10-11,13-14,16,20,23,27-28,30H,2-3,8-9,12,15H2,1H3,(H,29,31);(H,6,7)/t16-,23+;/m1./s1. The van der Waals surface area contributed by atoms with Crippen LogP contribution >= 0.6 is 11.6 Å². The number of aromatic amines is 1. The number of alkyl halides is 3. The number of nitrogens with one attached hydrogen (secondary N) is 3. The molecule has 11 heteroatoms. The molecule has 0 spiro atoms. The highest BCUT2D eigenvalue weighted by molar-refractivity contribution is 6.30. The van der Waals surface area contributed by atoms with Crippen LogP contribution in [0.2, 0.25) is 5.02 Å². The third kappa shape index (κ3) is 8.21. The third-order valence-electron chi connectivity index (χ3n) is 6.40. The maximum absolute atomic E-state index is 12.8. The van der Waals surface area contributed by atoms with E-state index in [1.54, 1.807) is 12.1 Å². The second kappa shape index (κ2) is 13.1. The highest BCUT2D eigenvalue weighted by Crippen LogP contribution is 2.25. The van der Waals surface area contributed by atoms with E-state index in [-0.39, 0.29) is 11.9 Å². The number of benzene rings is 2. The van der Waals surface area contributed by atoms with Gasteiger partial charge >= 0.3 is 12.1 Å². The van der Waals surface area contributed by atoms with Gasteiger partial charge in [0.1, 0.15) is 0 Å². The Morgan fingerprint density at radius 1 is 1.16 bits per heavy atom. The van der Waals surface area contributed by atoms with Crippen molar-refractivity contribution >= 4 is 34.4 Å². The van der Waals surface area contributed by atoms with Crippen LogP contribution in [0.4, 0.5) is 13.2 Å². The first kappa shape index (κ1) is 29.5. The molecule has 2 atom stereocenters. The Bertz CT molecular complexity index is 1240.